The lowest BCUT2D eigenvalue weighted by molar-refractivity contribution is -0.147. The van der Waals surface area contributed by atoms with Gasteiger partial charge < -0.3 is 10.4 Å². The average Bonchev–Trinajstić information content (AvgIpc) is 3.06. The predicted octanol–water partition coefficient (Wildman–Crippen LogP) is 3.45. The van der Waals surface area contributed by atoms with Gasteiger partial charge in [0.1, 0.15) is 5.41 Å². The van der Waals surface area contributed by atoms with Crippen molar-refractivity contribution in [3.63, 3.8) is 0 Å². The van der Waals surface area contributed by atoms with Crippen LogP contribution in [0.15, 0.2) is 12.1 Å². The van der Waals surface area contributed by atoms with Gasteiger partial charge in [0, 0.05) is 0 Å². The van der Waals surface area contributed by atoms with E-state index < -0.39 is 17.3 Å². The summed E-state index contributed by atoms with van der Waals surface area (Å²) in [6.45, 7) is 0. The first-order valence-electron chi connectivity index (χ1n) is 5.06. The Morgan fingerprint density at radius 3 is 2.17 bits per heavy atom. The number of hydrogen-bond acceptors (Lipinski definition) is 2. The molecule has 1 aromatic carbocycles. The highest BCUT2D eigenvalue weighted by Crippen LogP contribution is 2.47. The van der Waals surface area contributed by atoms with Gasteiger partial charge in [-0.15, -0.1) is 0 Å². The van der Waals surface area contributed by atoms with E-state index in [0.29, 0.717) is 12.8 Å². The molecule has 0 heterocycles. The van der Waals surface area contributed by atoms with Gasteiger partial charge in [-0.1, -0.05) is 34.8 Å². The Kier molecular flexibility index (Phi) is 3.45. The molecule has 4 nitrogen and oxygen atoms in total. The van der Waals surface area contributed by atoms with Crippen molar-refractivity contribution in [1.82, 2.24) is 0 Å². The number of hydrogen-bond donors (Lipinski definition) is 2. The van der Waals surface area contributed by atoms with Gasteiger partial charge in [-0.05, 0) is 25.0 Å². The van der Waals surface area contributed by atoms with Crippen LogP contribution in [0.3, 0.4) is 0 Å². The molecule has 0 bridgehead atoms. The van der Waals surface area contributed by atoms with Crippen molar-refractivity contribution in [2.45, 2.75) is 12.8 Å². The summed E-state index contributed by atoms with van der Waals surface area (Å²) in [6.07, 6.45) is 0.653. The molecular weight excluding hydrogens is 300 g/mol. The monoisotopic (exact) mass is 307 g/mol. The Balaban J connectivity index is 2.23. The van der Waals surface area contributed by atoms with Gasteiger partial charge in [0.2, 0.25) is 5.91 Å². The zero-order chi connectivity index (χ0) is 13.5. The Morgan fingerprint density at radius 2 is 1.67 bits per heavy atom. The Bertz CT molecular complexity index is 541. The highest BCUT2D eigenvalue weighted by Gasteiger charge is 2.57. The molecule has 0 spiro atoms. The molecule has 1 saturated carbocycles. The molecule has 0 unspecified atom stereocenters. The lowest BCUT2D eigenvalue weighted by Crippen LogP contribution is -2.31. The molecule has 0 atom stereocenters. The summed E-state index contributed by atoms with van der Waals surface area (Å²) < 4.78 is 0. The molecular formula is C11H8Cl3NO3. The second kappa shape index (κ2) is 4.61. The number of halogens is 3. The fourth-order valence-electron chi connectivity index (χ4n) is 1.52. The van der Waals surface area contributed by atoms with E-state index in [1.807, 2.05) is 0 Å². The maximum Gasteiger partial charge on any atom is 0.319 e. The molecule has 18 heavy (non-hydrogen) atoms. The van der Waals surface area contributed by atoms with E-state index in [2.05, 4.69) is 5.32 Å². The van der Waals surface area contributed by atoms with Gasteiger partial charge in [0.05, 0.1) is 20.8 Å². The van der Waals surface area contributed by atoms with Gasteiger partial charge in [-0.2, -0.15) is 0 Å². The first-order chi connectivity index (χ1) is 8.36. The fourth-order valence-corrected chi connectivity index (χ4v) is 2.12. The number of aliphatic carboxylic acids is 1. The van der Waals surface area contributed by atoms with Crippen molar-refractivity contribution in [3.05, 3.63) is 27.2 Å². The molecule has 7 heteroatoms. The molecule has 1 aliphatic carbocycles. The summed E-state index contributed by atoms with van der Waals surface area (Å²) in [7, 11) is 0. The minimum absolute atomic E-state index is 0.207. The molecule has 0 radical (unpaired) electrons. The molecule has 1 amide bonds. The van der Waals surface area contributed by atoms with E-state index in [4.69, 9.17) is 39.9 Å². The lowest BCUT2D eigenvalue weighted by atomic mass is 10.1. The molecule has 1 aliphatic rings. The fraction of sp³-hybridized carbons (Fsp3) is 0.273. The van der Waals surface area contributed by atoms with E-state index in [-0.39, 0.29) is 20.8 Å². The number of anilines is 1. The van der Waals surface area contributed by atoms with E-state index in [0.717, 1.165) is 0 Å². The van der Waals surface area contributed by atoms with Gasteiger partial charge in [0.15, 0.2) is 0 Å². The molecule has 2 N–H and O–H groups in total. The zero-order valence-corrected chi connectivity index (χ0v) is 11.2. The predicted molar refractivity (Wildman–Crippen MR) is 69.4 cm³/mol. The van der Waals surface area contributed by atoms with Crippen LogP contribution in [0.4, 0.5) is 5.69 Å². The average molecular weight is 309 g/mol. The third-order valence-corrected chi connectivity index (χ3v) is 3.89. The number of benzene rings is 1. The molecule has 2 rings (SSSR count). The lowest BCUT2D eigenvalue weighted by Gasteiger charge is -2.12. The van der Waals surface area contributed by atoms with Crippen molar-refractivity contribution < 1.29 is 14.7 Å². The smallest absolute Gasteiger partial charge is 0.319 e. The van der Waals surface area contributed by atoms with Crippen LogP contribution in [0.5, 0.6) is 0 Å². The van der Waals surface area contributed by atoms with E-state index in [9.17, 15) is 9.59 Å². The Labute approximate surface area is 118 Å². The number of carbonyl (C=O) groups excluding carboxylic acids is 1. The van der Waals surface area contributed by atoms with Gasteiger partial charge in [-0.3, -0.25) is 9.59 Å². The van der Waals surface area contributed by atoms with E-state index >= 15 is 0 Å². The summed E-state index contributed by atoms with van der Waals surface area (Å²) in [4.78, 5) is 22.8. The second-order valence-corrected chi connectivity index (χ2v) is 5.31. The highest BCUT2D eigenvalue weighted by atomic mass is 35.5. The zero-order valence-electron chi connectivity index (χ0n) is 8.97. The van der Waals surface area contributed by atoms with Gasteiger partial charge >= 0.3 is 5.97 Å². The number of amides is 1. The molecule has 1 aromatic rings. The van der Waals surface area contributed by atoms with Crippen LogP contribution >= 0.6 is 34.8 Å². The number of carboxylic acids is 1. The van der Waals surface area contributed by atoms with Crippen molar-refractivity contribution in [3.8, 4) is 0 Å². The van der Waals surface area contributed by atoms with Gasteiger partial charge in [-0.25, -0.2) is 0 Å². The minimum Gasteiger partial charge on any atom is -0.480 e. The van der Waals surface area contributed by atoms with Crippen molar-refractivity contribution in [2.24, 2.45) is 5.41 Å². The molecule has 0 saturated heterocycles. The normalized spacial score (nSPS) is 16.2. The summed E-state index contributed by atoms with van der Waals surface area (Å²) in [6, 6.07) is 2.78. The first kappa shape index (κ1) is 13.5. The third kappa shape index (κ3) is 2.28. The molecule has 1 fully saturated rings. The maximum absolute atomic E-state index is 11.9. The SMILES string of the molecule is O=C(O)C1(C(=O)Nc2cc(Cl)c(Cl)cc2Cl)CC1. The van der Waals surface area contributed by atoms with Crippen LogP contribution in [-0.4, -0.2) is 17.0 Å². The Morgan fingerprint density at radius 1 is 1.11 bits per heavy atom. The summed E-state index contributed by atoms with van der Waals surface area (Å²) >= 11 is 17.4. The third-order valence-electron chi connectivity index (χ3n) is 2.85. The van der Waals surface area contributed by atoms with E-state index in [1.54, 1.807) is 0 Å². The van der Waals surface area contributed by atoms with Gasteiger partial charge in [0.25, 0.3) is 0 Å². The highest BCUT2D eigenvalue weighted by molar-refractivity contribution is 6.44. The van der Waals surface area contributed by atoms with Crippen LogP contribution in [0.1, 0.15) is 12.8 Å². The number of carboxylic acid groups (broad SMARTS) is 1. The maximum atomic E-state index is 11.9. The quantitative estimate of drug-likeness (QED) is 0.664. The summed E-state index contributed by atoms with van der Waals surface area (Å²) in [5.74, 6) is -1.72. The van der Waals surface area contributed by atoms with E-state index in [1.165, 1.54) is 12.1 Å². The minimum atomic E-state index is -1.32. The summed E-state index contributed by atoms with van der Waals surface area (Å²) in [5, 5.41) is 12.2. The van der Waals surface area contributed by atoms with Crippen molar-refractivity contribution in [2.75, 3.05) is 5.32 Å². The largest absolute Gasteiger partial charge is 0.480 e. The summed E-state index contributed by atoms with van der Waals surface area (Å²) in [5.41, 5.74) is -1.07. The topological polar surface area (TPSA) is 66.4 Å². The Hall–Kier alpha value is -0.970. The molecule has 0 aromatic heterocycles. The van der Waals surface area contributed by atoms with Crippen LogP contribution in [0, 0.1) is 5.41 Å². The number of carbonyl (C=O) groups is 2. The van der Waals surface area contributed by atoms with Crippen molar-refractivity contribution >= 4 is 52.4 Å². The number of nitrogens with one attached hydrogen (secondary N) is 1. The van der Waals surface area contributed by atoms with Crippen LogP contribution in [0.2, 0.25) is 15.1 Å². The molecule has 0 aliphatic heterocycles. The second-order valence-electron chi connectivity index (χ2n) is 4.09. The first-order valence-corrected chi connectivity index (χ1v) is 6.19. The van der Waals surface area contributed by atoms with Crippen molar-refractivity contribution in [1.29, 1.82) is 0 Å². The molecule has 96 valence electrons. The standard InChI is InChI=1S/C11H8Cl3NO3/c12-5-3-7(14)8(4-6(5)13)15-9(16)11(1-2-11)10(17)18/h3-4H,1-2H2,(H,15,16)(H,17,18). The number of rotatable bonds is 3. The van der Waals surface area contributed by atoms with Crippen LogP contribution in [0.25, 0.3) is 0 Å². The van der Waals surface area contributed by atoms with Crippen LogP contribution in [-0.2, 0) is 9.59 Å². The van der Waals surface area contributed by atoms with Crippen LogP contribution < -0.4 is 5.32 Å².